The Morgan fingerprint density at radius 3 is 2.45 bits per heavy atom. The van der Waals surface area contributed by atoms with Gasteiger partial charge in [0.2, 0.25) is 0 Å². The Morgan fingerprint density at radius 2 is 1.76 bits per heavy atom. The molecule has 0 unspecified atom stereocenters. The average Bonchev–Trinajstić information content (AvgIpc) is 3.30. The summed E-state index contributed by atoms with van der Waals surface area (Å²) in [6.07, 6.45) is 5.05. The Balaban J connectivity index is 1.64. The fourth-order valence-electron chi connectivity index (χ4n) is 4.70. The van der Waals surface area contributed by atoms with Crippen LogP contribution in [-0.4, -0.2) is 25.7 Å². The second-order valence-corrected chi connectivity index (χ2v) is 8.37. The highest BCUT2D eigenvalue weighted by Gasteiger charge is 2.25. The number of nitrogens with one attached hydrogen (secondary N) is 1. The molecule has 2 N–H and O–H groups in total. The summed E-state index contributed by atoms with van der Waals surface area (Å²) in [6, 6.07) is 15.7. The van der Waals surface area contributed by atoms with Gasteiger partial charge in [-0.25, -0.2) is 4.79 Å². The summed E-state index contributed by atoms with van der Waals surface area (Å²) in [5.41, 5.74) is 3.69. The third kappa shape index (κ3) is 3.88. The van der Waals surface area contributed by atoms with Gasteiger partial charge in [0.25, 0.3) is 5.56 Å². The molecule has 2 aromatic carbocycles. The standard InChI is InChI=1S/C25H22FN3O4/c26-33-19-8-4-7-18(13-19)15-9-11-17(12-10-15)23-22(16-5-2-1-3-6-16)24(30)29-21(27-23)14-20(28-29)25(31)32/h4,7-14,16,27H,1-3,5-6H2,(H,31,32). The van der Waals surface area contributed by atoms with Crippen LogP contribution in [0.1, 0.15) is 54.1 Å². The van der Waals surface area contributed by atoms with Crippen molar-refractivity contribution in [3.05, 3.63) is 76.2 Å². The highest BCUT2D eigenvalue weighted by Crippen LogP contribution is 2.36. The largest absolute Gasteiger partial charge is 0.476 e. The fraction of sp³-hybridized carbons (Fsp3) is 0.240. The smallest absolute Gasteiger partial charge is 0.356 e. The zero-order valence-electron chi connectivity index (χ0n) is 17.8. The molecule has 168 valence electrons. The van der Waals surface area contributed by atoms with Crippen molar-refractivity contribution < 1.29 is 19.4 Å². The first-order valence-corrected chi connectivity index (χ1v) is 10.9. The van der Waals surface area contributed by atoms with Crippen molar-refractivity contribution in [2.24, 2.45) is 0 Å². The molecule has 0 radical (unpaired) electrons. The van der Waals surface area contributed by atoms with E-state index in [1.807, 2.05) is 30.3 Å². The fourth-order valence-corrected chi connectivity index (χ4v) is 4.70. The van der Waals surface area contributed by atoms with Crippen molar-refractivity contribution in [3.8, 4) is 28.1 Å². The van der Waals surface area contributed by atoms with E-state index in [9.17, 15) is 19.2 Å². The number of carbonyl (C=O) groups is 1. The first kappa shape index (κ1) is 20.9. The quantitative estimate of drug-likeness (QED) is 0.429. The predicted molar refractivity (Wildman–Crippen MR) is 121 cm³/mol. The second-order valence-electron chi connectivity index (χ2n) is 8.37. The Bertz CT molecular complexity index is 1390. The molecule has 0 bridgehead atoms. The summed E-state index contributed by atoms with van der Waals surface area (Å²) in [5.74, 6) is -0.977. The van der Waals surface area contributed by atoms with E-state index in [1.54, 1.807) is 12.1 Å². The maximum Gasteiger partial charge on any atom is 0.356 e. The van der Waals surface area contributed by atoms with Crippen molar-refractivity contribution in [1.82, 2.24) is 14.6 Å². The van der Waals surface area contributed by atoms with E-state index >= 15 is 0 Å². The average molecular weight is 447 g/mol. The molecule has 1 aliphatic carbocycles. The molecule has 0 amide bonds. The van der Waals surface area contributed by atoms with Crippen molar-refractivity contribution in [2.75, 3.05) is 0 Å². The molecule has 1 fully saturated rings. The third-order valence-electron chi connectivity index (χ3n) is 6.32. The van der Waals surface area contributed by atoms with Gasteiger partial charge in [0.15, 0.2) is 11.4 Å². The van der Waals surface area contributed by atoms with E-state index in [-0.39, 0.29) is 22.9 Å². The van der Waals surface area contributed by atoms with Gasteiger partial charge in [0.05, 0.1) is 5.69 Å². The molecule has 0 aliphatic heterocycles. The molecule has 7 nitrogen and oxygen atoms in total. The summed E-state index contributed by atoms with van der Waals surface area (Å²) < 4.78 is 13.7. The normalized spacial score (nSPS) is 14.5. The number of carboxylic acid groups (broad SMARTS) is 1. The van der Waals surface area contributed by atoms with Gasteiger partial charge in [-0.3, -0.25) is 9.74 Å². The summed E-state index contributed by atoms with van der Waals surface area (Å²) in [6.45, 7) is 0. The minimum atomic E-state index is -1.18. The van der Waals surface area contributed by atoms with Crippen LogP contribution >= 0.6 is 0 Å². The van der Waals surface area contributed by atoms with Gasteiger partial charge in [-0.15, -0.1) is 0 Å². The van der Waals surface area contributed by atoms with E-state index in [4.69, 9.17) is 0 Å². The molecule has 0 atom stereocenters. The first-order chi connectivity index (χ1) is 16.0. The molecule has 33 heavy (non-hydrogen) atoms. The van der Waals surface area contributed by atoms with Gasteiger partial charge in [-0.05, 0) is 47.6 Å². The van der Waals surface area contributed by atoms with Crippen LogP contribution in [0.2, 0.25) is 0 Å². The van der Waals surface area contributed by atoms with Gasteiger partial charge < -0.3 is 10.1 Å². The topological polar surface area (TPSA) is 96.7 Å². The van der Waals surface area contributed by atoms with E-state index in [1.165, 1.54) is 12.1 Å². The van der Waals surface area contributed by atoms with Crippen LogP contribution in [0.5, 0.6) is 5.75 Å². The summed E-state index contributed by atoms with van der Waals surface area (Å²) in [7, 11) is 0. The van der Waals surface area contributed by atoms with Crippen molar-refractivity contribution >= 4 is 11.6 Å². The molecular formula is C25H22FN3O4. The highest BCUT2D eigenvalue weighted by molar-refractivity contribution is 5.86. The Morgan fingerprint density at radius 1 is 1.03 bits per heavy atom. The molecule has 0 spiro atoms. The maximum absolute atomic E-state index is 13.5. The number of hydrogen-bond acceptors (Lipinski definition) is 4. The number of H-pyrrole nitrogens is 1. The second kappa shape index (κ2) is 8.54. The molecule has 1 aliphatic rings. The van der Waals surface area contributed by atoms with Crippen LogP contribution in [0.15, 0.2) is 59.4 Å². The summed E-state index contributed by atoms with van der Waals surface area (Å²) in [5, 5.41) is 13.3. The Kier molecular flexibility index (Phi) is 5.42. The number of hydrogen-bond donors (Lipinski definition) is 2. The molecule has 1 saturated carbocycles. The first-order valence-electron chi connectivity index (χ1n) is 10.9. The summed E-state index contributed by atoms with van der Waals surface area (Å²) in [4.78, 5) is 32.0. The van der Waals surface area contributed by atoms with Crippen LogP contribution in [0, 0.1) is 0 Å². The number of aromatic nitrogens is 3. The number of fused-ring (bicyclic) bond motifs is 1. The minimum absolute atomic E-state index is 0.0810. The van der Waals surface area contributed by atoms with Gasteiger partial charge in [-0.1, -0.05) is 55.7 Å². The number of benzene rings is 2. The van der Waals surface area contributed by atoms with Crippen LogP contribution in [0.25, 0.3) is 28.0 Å². The molecular weight excluding hydrogens is 425 g/mol. The minimum Gasteiger partial charge on any atom is -0.476 e. The number of rotatable bonds is 5. The molecule has 0 saturated heterocycles. The summed E-state index contributed by atoms with van der Waals surface area (Å²) >= 11 is 0. The zero-order valence-corrected chi connectivity index (χ0v) is 17.8. The Hall–Kier alpha value is -3.94. The van der Waals surface area contributed by atoms with Gasteiger partial charge in [-0.2, -0.15) is 9.61 Å². The van der Waals surface area contributed by atoms with Crippen LogP contribution in [0.3, 0.4) is 0 Å². The SMILES string of the molecule is O=C(O)c1cc2[nH]c(-c3ccc(-c4cccc(OF)c4)cc3)c(C3CCCCC3)c(=O)n2n1. The van der Waals surface area contributed by atoms with E-state index in [0.29, 0.717) is 16.9 Å². The molecule has 2 heterocycles. The van der Waals surface area contributed by atoms with Crippen LogP contribution in [0.4, 0.5) is 4.53 Å². The number of aromatic carboxylic acids is 1. The van der Waals surface area contributed by atoms with E-state index in [2.05, 4.69) is 15.0 Å². The molecule has 8 heteroatoms. The highest BCUT2D eigenvalue weighted by atomic mass is 19.3. The lowest BCUT2D eigenvalue weighted by Crippen LogP contribution is -2.25. The van der Waals surface area contributed by atoms with E-state index < -0.39 is 5.97 Å². The lowest BCUT2D eigenvalue weighted by molar-refractivity contribution is -0.00614. The monoisotopic (exact) mass is 447 g/mol. The number of nitrogens with zero attached hydrogens (tertiary/aromatic N) is 2. The van der Waals surface area contributed by atoms with E-state index in [0.717, 1.165) is 53.3 Å². The number of halogens is 1. The molecule has 4 aromatic rings. The predicted octanol–water partition coefficient (Wildman–Crippen LogP) is 5.37. The van der Waals surface area contributed by atoms with Gasteiger partial charge in [0, 0.05) is 16.2 Å². The Labute approximate surface area is 188 Å². The van der Waals surface area contributed by atoms with Gasteiger partial charge >= 0.3 is 5.97 Å². The van der Waals surface area contributed by atoms with Crippen LogP contribution in [-0.2, 0) is 0 Å². The third-order valence-corrected chi connectivity index (χ3v) is 6.32. The lowest BCUT2D eigenvalue weighted by Gasteiger charge is -2.23. The number of carboxylic acids is 1. The van der Waals surface area contributed by atoms with Crippen LogP contribution < -0.4 is 10.5 Å². The lowest BCUT2D eigenvalue weighted by atomic mass is 9.82. The van der Waals surface area contributed by atoms with Gasteiger partial charge in [0.1, 0.15) is 5.65 Å². The zero-order chi connectivity index (χ0) is 22.9. The molecule has 5 rings (SSSR count). The number of aromatic amines is 1. The van der Waals surface area contributed by atoms with Crippen molar-refractivity contribution in [2.45, 2.75) is 38.0 Å². The maximum atomic E-state index is 13.5. The molecule has 2 aromatic heterocycles. The van der Waals surface area contributed by atoms with Crippen molar-refractivity contribution in [3.63, 3.8) is 0 Å². The van der Waals surface area contributed by atoms with Crippen molar-refractivity contribution in [1.29, 1.82) is 0 Å².